The van der Waals surface area contributed by atoms with Crippen molar-refractivity contribution in [1.29, 1.82) is 0 Å². The minimum atomic E-state index is -0.552. The lowest BCUT2D eigenvalue weighted by Crippen LogP contribution is -2.39. The third kappa shape index (κ3) is 5.19. The number of amides is 2. The molecule has 0 radical (unpaired) electrons. The molecule has 2 amide bonds. The second-order valence-electron chi connectivity index (χ2n) is 5.17. The van der Waals surface area contributed by atoms with Gasteiger partial charge < -0.3 is 11.1 Å². The van der Waals surface area contributed by atoms with Gasteiger partial charge in [-0.05, 0) is 29.0 Å². The molecule has 0 aliphatic carbocycles. The molecule has 4 N–H and O–H groups in total. The lowest BCUT2D eigenvalue weighted by molar-refractivity contribution is -0.124. The van der Waals surface area contributed by atoms with Crippen molar-refractivity contribution in [2.45, 2.75) is 19.4 Å². The monoisotopic (exact) mass is 331 g/mol. The van der Waals surface area contributed by atoms with Gasteiger partial charge in [0.05, 0.1) is 19.1 Å². The van der Waals surface area contributed by atoms with E-state index in [-0.39, 0.29) is 25.0 Å². The first-order chi connectivity index (χ1) is 11.1. The minimum absolute atomic E-state index is 0.0553. The summed E-state index contributed by atoms with van der Waals surface area (Å²) in [5.74, 6) is -0.807. The number of hydrogen-bond donors (Lipinski definition) is 3. The van der Waals surface area contributed by atoms with E-state index >= 15 is 0 Å². The predicted molar refractivity (Wildman–Crippen MR) is 92.2 cm³/mol. The Kier molecular flexibility index (Phi) is 6.31. The number of nitrogens with two attached hydrogens (primary N) is 1. The maximum atomic E-state index is 11.8. The fourth-order valence-electron chi connectivity index (χ4n) is 2.23. The van der Waals surface area contributed by atoms with E-state index in [0.717, 1.165) is 16.9 Å². The van der Waals surface area contributed by atoms with Gasteiger partial charge in [-0.3, -0.25) is 14.9 Å². The van der Waals surface area contributed by atoms with Gasteiger partial charge in [0, 0.05) is 4.88 Å². The van der Waals surface area contributed by atoms with Crippen molar-refractivity contribution in [3.8, 4) is 0 Å². The smallest absolute Gasteiger partial charge is 0.236 e. The molecule has 2 aromatic rings. The van der Waals surface area contributed by atoms with Crippen LogP contribution in [-0.2, 0) is 16.0 Å². The summed E-state index contributed by atoms with van der Waals surface area (Å²) < 4.78 is 0. The Morgan fingerprint density at radius 2 is 1.91 bits per heavy atom. The maximum Gasteiger partial charge on any atom is 0.236 e. The molecule has 1 aromatic carbocycles. The van der Waals surface area contributed by atoms with E-state index in [1.54, 1.807) is 11.3 Å². The highest BCUT2D eigenvalue weighted by atomic mass is 32.1. The number of benzene rings is 1. The molecule has 0 aliphatic rings. The molecule has 2 rings (SSSR count). The van der Waals surface area contributed by atoms with E-state index in [4.69, 9.17) is 5.73 Å². The van der Waals surface area contributed by atoms with E-state index in [1.165, 1.54) is 5.56 Å². The topological polar surface area (TPSA) is 84.2 Å². The van der Waals surface area contributed by atoms with Crippen LogP contribution in [0.25, 0.3) is 0 Å². The van der Waals surface area contributed by atoms with Gasteiger partial charge in [-0.2, -0.15) is 0 Å². The first-order valence-corrected chi connectivity index (χ1v) is 8.38. The van der Waals surface area contributed by atoms with Gasteiger partial charge >= 0.3 is 0 Å². The second kappa shape index (κ2) is 8.45. The molecule has 1 heterocycles. The van der Waals surface area contributed by atoms with Crippen molar-refractivity contribution in [3.63, 3.8) is 0 Å². The van der Waals surface area contributed by atoms with Gasteiger partial charge in [0.25, 0.3) is 0 Å². The number of aryl methyl sites for hydroxylation is 1. The van der Waals surface area contributed by atoms with E-state index in [9.17, 15) is 9.59 Å². The number of thiophene rings is 1. The van der Waals surface area contributed by atoms with Crippen LogP contribution in [0.15, 0.2) is 41.8 Å². The fourth-order valence-corrected chi connectivity index (χ4v) is 3.05. The summed E-state index contributed by atoms with van der Waals surface area (Å²) in [7, 11) is 0. The lowest BCUT2D eigenvalue weighted by atomic mass is 10.0. The number of hydrogen-bond acceptors (Lipinski definition) is 4. The van der Waals surface area contributed by atoms with Crippen molar-refractivity contribution in [1.82, 2.24) is 10.6 Å². The molecule has 0 unspecified atom stereocenters. The van der Waals surface area contributed by atoms with Crippen LogP contribution in [0.5, 0.6) is 0 Å². The molecule has 5 nitrogen and oxygen atoms in total. The molecule has 0 bridgehead atoms. The van der Waals surface area contributed by atoms with Crippen LogP contribution in [0.4, 0.5) is 0 Å². The molecule has 23 heavy (non-hydrogen) atoms. The van der Waals surface area contributed by atoms with E-state index in [1.807, 2.05) is 17.5 Å². The van der Waals surface area contributed by atoms with Crippen LogP contribution in [0.1, 0.15) is 29.0 Å². The number of carbonyl (C=O) groups is 2. The van der Waals surface area contributed by atoms with E-state index in [2.05, 4.69) is 41.8 Å². The fraction of sp³-hybridized carbons (Fsp3) is 0.294. The Labute approximate surface area is 139 Å². The zero-order valence-corrected chi connectivity index (χ0v) is 13.9. The SMILES string of the molecule is CCc1ccc([C@H](NCC(=O)NCC(N)=O)c2cccs2)cc1. The van der Waals surface area contributed by atoms with Gasteiger partial charge in [0.1, 0.15) is 0 Å². The molecule has 0 fully saturated rings. The molecule has 0 aliphatic heterocycles. The molecule has 1 aromatic heterocycles. The first kappa shape index (κ1) is 17.2. The van der Waals surface area contributed by atoms with Crippen LogP contribution in [-0.4, -0.2) is 24.9 Å². The van der Waals surface area contributed by atoms with Crippen LogP contribution in [0.2, 0.25) is 0 Å². The predicted octanol–water partition coefficient (Wildman–Crippen LogP) is 1.59. The summed E-state index contributed by atoms with van der Waals surface area (Å²) in [6.07, 6.45) is 0.993. The average Bonchev–Trinajstić information content (AvgIpc) is 3.08. The van der Waals surface area contributed by atoms with E-state index < -0.39 is 5.91 Å². The van der Waals surface area contributed by atoms with Crippen LogP contribution in [0.3, 0.4) is 0 Å². The molecule has 0 spiro atoms. The standard InChI is InChI=1S/C17H21N3O2S/c1-2-12-5-7-13(8-6-12)17(14-4-3-9-23-14)20-11-16(22)19-10-15(18)21/h3-9,17,20H,2,10-11H2,1H3,(H2,18,21)(H,19,22)/t17-/m0/s1. The van der Waals surface area contributed by atoms with Crippen molar-refractivity contribution < 1.29 is 9.59 Å². The van der Waals surface area contributed by atoms with Crippen LogP contribution >= 0.6 is 11.3 Å². The summed E-state index contributed by atoms with van der Waals surface area (Å²) in [6, 6.07) is 12.3. The van der Waals surface area contributed by atoms with Crippen molar-refractivity contribution >= 4 is 23.2 Å². The van der Waals surface area contributed by atoms with Crippen molar-refractivity contribution in [2.24, 2.45) is 5.73 Å². The Hall–Kier alpha value is -2.18. The second-order valence-corrected chi connectivity index (χ2v) is 6.15. The third-order valence-corrected chi connectivity index (χ3v) is 4.41. The summed E-state index contributed by atoms with van der Waals surface area (Å²) in [4.78, 5) is 23.6. The Morgan fingerprint density at radius 1 is 1.17 bits per heavy atom. The number of rotatable bonds is 8. The Morgan fingerprint density at radius 3 is 2.48 bits per heavy atom. The molecular weight excluding hydrogens is 310 g/mol. The van der Waals surface area contributed by atoms with Gasteiger partial charge in [0.2, 0.25) is 11.8 Å². The van der Waals surface area contributed by atoms with Gasteiger partial charge in [-0.15, -0.1) is 11.3 Å². The Balaban J connectivity index is 2.06. The molecular formula is C17H21N3O2S. The lowest BCUT2D eigenvalue weighted by Gasteiger charge is -2.18. The quantitative estimate of drug-likeness (QED) is 0.687. The number of primary amides is 1. The highest BCUT2D eigenvalue weighted by Gasteiger charge is 2.16. The first-order valence-electron chi connectivity index (χ1n) is 7.50. The highest BCUT2D eigenvalue weighted by Crippen LogP contribution is 2.26. The normalized spacial score (nSPS) is 11.9. The zero-order chi connectivity index (χ0) is 16.7. The van der Waals surface area contributed by atoms with Gasteiger partial charge in [-0.1, -0.05) is 37.3 Å². The van der Waals surface area contributed by atoms with E-state index in [0.29, 0.717) is 0 Å². The van der Waals surface area contributed by atoms with Crippen LogP contribution < -0.4 is 16.4 Å². The number of nitrogens with one attached hydrogen (secondary N) is 2. The molecule has 0 saturated heterocycles. The van der Waals surface area contributed by atoms with Crippen molar-refractivity contribution in [2.75, 3.05) is 13.1 Å². The minimum Gasteiger partial charge on any atom is -0.368 e. The summed E-state index contributed by atoms with van der Waals surface area (Å²) in [5, 5.41) is 7.74. The van der Waals surface area contributed by atoms with Crippen molar-refractivity contribution in [3.05, 3.63) is 57.8 Å². The summed E-state index contributed by atoms with van der Waals surface area (Å²) >= 11 is 1.64. The highest BCUT2D eigenvalue weighted by molar-refractivity contribution is 7.10. The van der Waals surface area contributed by atoms with Gasteiger partial charge in [0.15, 0.2) is 0 Å². The largest absolute Gasteiger partial charge is 0.368 e. The van der Waals surface area contributed by atoms with Crippen LogP contribution in [0, 0.1) is 0 Å². The molecule has 122 valence electrons. The molecule has 0 saturated carbocycles. The molecule has 6 heteroatoms. The molecule has 1 atom stereocenters. The maximum absolute atomic E-state index is 11.8. The zero-order valence-electron chi connectivity index (χ0n) is 13.0. The number of carbonyl (C=O) groups excluding carboxylic acids is 2. The third-order valence-electron chi connectivity index (χ3n) is 3.48. The van der Waals surface area contributed by atoms with Gasteiger partial charge in [-0.25, -0.2) is 0 Å². The summed E-state index contributed by atoms with van der Waals surface area (Å²) in [6.45, 7) is 2.09. The average molecular weight is 331 g/mol. The Bertz CT molecular complexity index is 638. The summed E-state index contributed by atoms with van der Waals surface area (Å²) in [5.41, 5.74) is 7.40.